The second-order valence-corrected chi connectivity index (χ2v) is 5.27. The largest absolute Gasteiger partial charge is 0.309 e. The molecule has 0 saturated heterocycles. The molecule has 0 fully saturated rings. The summed E-state index contributed by atoms with van der Waals surface area (Å²) >= 11 is 5.33. The van der Waals surface area contributed by atoms with E-state index in [1.165, 1.54) is 9.35 Å². The van der Waals surface area contributed by atoms with E-state index in [0.29, 0.717) is 6.04 Å². The summed E-state index contributed by atoms with van der Waals surface area (Å²) in [5.41, 5.74) is 0. The first-order chi connectivity index (χ1) is 7.25. The third-order valence-corrected chi connectivity index (χ3v) is 4.29. The Morgan fingerprint density at radius 2 is 2.40 bits per heavy atom. The highest BCUT2D eigenvalue weighted by atomic mass is 79.9. The molecule has 1 heterocycles. The van der Waals surface area contributed by atoms with Crippen molar-refractivity contribution in [2.24, 2.45) is 0 Å². The second kappa shape index (κ2) is 7.05. The summed E-state index contributed by atoms with van der Waals surface area (Å²) in [6.07, 6.45) is 8.34. The molecule has 1 aromatic heterocycles. The fraction of sp³-hybridized carbons (Fsp3) is 0.500. The summed E-state index contributed by atoms with van der Waals surface area (Å²) in [6, 6.07) is 2.52. The average Bonchev–Trinajstić information content (AvgIpc) is 2.64. The number of hydrogen-bond acceptors (Lipinski definition) is 2. The highest BCUT2D eigenvalue weighted by Gasteiger charge is 2.09. The third kappa shape index (κ3) is 4.38. The van der Waals surface area contributed by atoms with Crippen molar-refractivity contribution in [3.63, 3.8) is 0 Å². The van der Waals surface area contributed by atoms with Crippen LogP contribution < -0.4 is 5.32 Å². The molecular formula is C12H16BrNS. The van der Waals surface area contributed by atoms with Gasteiger partial charge in [0.25, 0.3) is 0 Å². The highest BCUT2D eigenvalue weighted by molar-refractivity contribution is 9.10. The van der Waals surface area contributed by atoms with Gasteiger partial charge in [-0.3, -0.25) is 0 Å². The molecule has 0 radical (unpaired) electrons. The van der Waals surface area contributed by atoms with Crippen LogP contribution in [0.3, 0.4) is 0 Å². The number of halogens is 1. The molecule has 1 unspecified atom stereocenters. The van der Waals surface area contributed by atoms with Crippen molar-refractivity contribution in [2.45, 2.75) is 32.2 Å². The zero-order valence-corrected chi connectivity index (χ0v) is 11.3. The molecule has 1 nitrogen and oxygen atoms in total. The molecule has 1 aromatic rings. The molecule has 0 saturated carbocycles. The normalized spacial score (nSPS) is 12.3. The van der Waals surface area contributed by atoms with Gasteiger partial charge in [0.05, 0.1) is 0 Å². The minimum atomic E-state index is 0.421. The average molecular weight is 286 g/mol. The Morgan fingerprint density at radius 1 is 1.60 bits per heavy atom. The standard InChI is InChI=1S/C12H16BrNS/c1-3-4-5-6-8-14-10(2)12-11(13)7-9-15-12/h1,7,9-10,14H,4-6,8H2,2H3. The zero-order chi connectivity index (χ0) is 11.1. The lowest BCUT2D eigenvalue weighted by molar-refractivity contribution is 0.554. The Bertz CT molecular complexity index is 327. The maximum Gasteiger partial charge on any atom is 0.0397 e. The molecule has 0 aromatic carbocycles. The van der Waals surface area contributed by atoms with E-state index in [4.69, 9.17) is 6.42 Å². The molecule has 82 valence electrons. The third-order valence-electron chi connectivity index (χ3n) is 2.24. The van der Waals surface area contributed by atoms with E-state index in [-0.39, 0.29) is 0 Å². The predicted molar refractivity (Wildman–Crippen MR) is 71.1 cm³/mol. The van der Waals surface area contributed by atoms with Gasteiger partial charge >= 0.3 is 0 Å². The fourth-order valence-corrected chi connectivity index (χ4v) is 3.13. The van der Waals surface area contributed by atoms with Gasteiger partial charge in [0.1, 0.15) is 0 Å². The number of hydrogen-bond donors (Lipinski definition) is 1. The lowest BCUT2D eigenvalue weighted by Crippen LogP contribution is -2.19. The lowest BCUT2D eigenvalue weighted by Gasteiger charge is -2.12. The van der Waals surface area contributed by atoms with E-state index in [1.807, 2.05) is 0 Å². The van der Waals surface area contributed by atoms with Crippen molar-refractivity contribution in [1.29, 1.82) is 0 Å². The van der Waals surface area contributed by atoms with Crippen molar-refractivity contribution >= 4 is 27.3 Å². The zero-order valence-electron chi connectivity index (χ0n) is 8.92. The van der Waals surface area contributed by atoms with Crippen LogP contribution in [0.5, 0.6) is 0 Å². The lowest BCUT2D eigenvalue weighted by atomic mass is 10.2. The van der Waals surface area contributed by atoms with Crippen LogP contribution in [0.25, 0.3) is 0 Å². The summed E-state index contributed by atoms with van der Waals surface area (Å²) < 4.78 is 1.20. The van der Waals surface area contributed by atoms with E-state index in [2.05, 4.69) is 45.5 Å². The maximum absolute atomic E-state index is 5.19. The predicted octanol–water partition coefficient (Wildman–Crippen LogP) is 3.96. The number of nitrogens with one attached hydrogen (secondary N) is 1. The van der Waals surface area contributed by atoms with Gasteiger partial charge in [-0.1, -0.05) is 0 Å². The molecule has 0 aliphatic carbocycles. The van der Waals surface area contributed by atoms with Crippen molar-refractivity contribution in [3.05, 3.63) is 20.8 Å². The smallest absolute Gasteiger partial charge is 0.0397 e. The van der Waals surface area contributed by atoms with Crippen molar-refractivity contribution in [3.8, 4) is 12.3 Å². The first kappa shape index (κ1) is 12.8. The number of unbranched alkanes of at least 4 members (excludes halogenated alkanes) is 2. The summed E-state index contributed by atoms with van der Waals surface area (Å²) in [5, 5.41) is 5.60. The van der Waals surface area contributed by atoms with E-state index in [1.54, 1.807) is 11.3 Å². The molecular weight excluding hydrogens is 270 g/mol. The van der Waals surface area contributed by atoms with Crippen LogP contribution >= 0.6 is 27.3 Å². The molecule has 1 rings (SSSR count). The van der Waals surface area contributed by atoms with Crippen LogP contribution in [0.4, 0.5) is 0 Å². The quantitative estimate of drug-likeness (QED) is 0.616. The molecule has 0 aliphatic heterocycles. The van der Waals surface area contributed by atoms with Crippen LogP contribution in [-0.2, 0) is 0 Å². The molecule has 0 amide bonds. The molecule has 1 N–H and O–H groups in total. The fourth-order valence-electron chi connectivity index (χ4n) is 1.38. The second-order valence-electron chi connectivity index (χ2n) is 3.47. The van der Waals surface area contributed by atoms with Gasteiger partial charge in [0.2, 0.25) is 0 Å². The monoisotopic (exact) mass is 285 g/mol. The van der Waals surface area contributed by atoms with E-state index in [9.17, 15) is 0 Å². The van der Waals surface area contributed by atoms with Crippen molar-refractivity contribution < 1.29 is 0 Å². The molecule has 0 spiro atoms. The van der Waals surface area contributed by atoms with Gasteiger partial charge in [0.15, 0.2) is 0 Å². The minimum Gasteiger partial charge on any atom is -0.309 e. The van der Waals surface area contributed by atoms with Gasteiger partial charge in [-0.2, -0.15) is 0 Å². The van der Waals surface area contributed by atoms with E-state index < -0.39 is 0 Å². The summed E-state index contributed by atoms with van der Waals surface area (Å²) in [5.74, 6) is 2.66. The van der Waals surface area contributed by atoms with Gasteiger partial charge in [-0.25, -0.2) is 0 Å². The Balaban J connectivity index is 2.23. The first-order valence-corrected chi connectivity index (χ1v) is 6.82. The van der Waals surface area contributed by atoms with Gasteiger partial charge in [-0.15, -0.1) is 23.7 Å². The Morgan fingerprint density at radius 3 is 3.00 bits per heavy atom. The van der Waals surface area contributed by atoms with Crippen LogP contribution in [0, 0.1) is 12.3 Å². The van der Waals surface area contributed by atoms with Crippen molar-refractivity contribution in [1.82, 2.24) is 5.32 Å². The molecule has 15 heavy (non-hydrogen) atoms. The Labute approximate surface area is 104 Å². The summed E-state index contributed by atoms with van der Waals surface area (Å²) in [4.78, 5) is 1.37. The summed E-state index contributed by atoms with van der Waals surface area (Å²) in [6.45, 7) is 3.23. The minimum absolute atomic E-state index is 0.421. The van der Waals surface area contributed by atoms with Crippen LogP contribution in [0.2, 0.25) is 0 Å². The van der Waals surface area contributed by atoms with E-state index >= 15 is 0 Å². The van der Waals surface area contributed by atoms with Crippen molar-refractivity contribution in [2.75, 3.05) is 6.54 Å². The number of rotatable bonds is 6. The van der Waals surface area contributed by atoms with E-state index in [0.717, 1.165) is 25.8 Å². The Kier molecular flexibility index (Phi) is 6.00. The molecule has 0 bridgehead atoms. The van der Waals surface area contributed by atoms with Gasteiger partial charge < -0.3 is 5.32 Å². The highest BCUT2D eigenvalue weighted by Crippen LogP contribution is 2.28. The maximum atomic E-state index is 5.19. The molecule has 1 atom stereocenters. The molecule has 3 heteroatoms. The summed E-state index contributed by atoms with van der Waals surface area (Å²) in [7, 11) is 0. The van der Waals surface area contributed by atoms with Crippen LogP contribution in [0.15, 0.2) is 15.9 Å². The van der Waals surface area contributed by atoms with Crippen LogP contribution in [-0.4, -0.2) is 6.54 Å². The Hall–Kier alpha value is -0.300. The topological polar surface area (TPSA) is 12.0 Å². The van der Waals surface area contributed by atoms with Crippen LogP contribution in [0.1, 0.15) is 37.1 Å². The number of terminal acetylenes is 1. The first-order valence-electron chi connectivity index (χ1n) is 5.15. The SMILES string of the molecule is C#CCCCCNC(C)c1sccc1Br. The molecule has 0 aliphatic rings. The van der Waals surface area contributed by atoms with Gasteiger partial charge in [-0.05, 0) is 53.7 Å². The van der Waals surface area contributed by atoms with Gasteiger partial charge in [0, 0.05) is 21.8 Å². The number of thiophene rings is 1.